The van der Waals surface area contributed by atoms with Crippen molar-refractivity contribution in [3.63, 3.8) is 0 Å². The lowest BCUT2D eigenvalue weighted by Crippen LogP contribution is -1.91. The Kier molecular flexibility index (Phi) is 2.04. The quantitative estimate of drug-likeness (QED) is 0.588. The Labute approximate surface area is 97.6 Å². The van der Waals surface area contributed by atoms with Crippen molar-refractivity contribution in [2.45, 2.75) is 0 Å². The molecule has 3 rings (SSSR count). The van der Waals surface area contributed by atoms with E-state index < -0.39 is 0 Å². The highest BCUT2D eigenvalue weighted by Crippen LogP contribution is 2.34. The van der Waals surface area contributed by atoms with Crippen LogP contribution in [0.5, 0.6) is 5.75 Å². The number of H-pyrrole nitrogens is 2. The Hall–Kier alpha value is -2.43. The number of aromatic nitrogens is 3. The van der Waals surface area contributed by atoms with Crippen molar-refractivity contribution in [1.29, 1.82) is 0 Å². The Balaban J connectivity index is 2.26. The summed E-state index contributed by atoms with van der Waals surface area (Å²) in [6.45, 7) is 0. The molecule has 86 valence electrons. The molecule has 5 heteroatoms. The van der Waals surface area contributed by atoms with Crippen molar-refractivity contribution < 1.29 is 4.74 Å². The number of nitrogens with one attached hydrogen (secondary N) is 2. The van der Waals surface area contributed by atoms with Gasteiger partial charge in [-0.25, -0.2) is 4.98 Å². The van der Waals surface area contributed by atoms with E-state index in [-0.39, 0.29) is 0 Å². The SMILES string of the molecule is COc1c(N)ccc2[nH]c(-c3cnc[nH]3)cc12. The Morgan fingerprint density at radius 1 is 1.29 bits per heavy atom. The van der Waals surface area contributed by atoms with Gasteiger partial charge in [-0.3, -0.25) is 0 Å². The summed E-state index contributed by atoms with van der Waals surface area (Å²) in [5.41, 5.74) is 9.38. The maximum Gasteiger partial charge on any atom is 0.151 e. The van der Waals surface area contributed by atoms with Gasteiger partial charge in [-0.05, 0) is 18.2 Å². The molecule has 0 saturated heterocycles. The van der Waals surface area contributed by atoms with Crippen LogP contribution in [-0.2, 0) is 0 Å². The van der Waals surface area contributed by atoms with Crippen molar-refractivity contribution in [2.24, 2.45) is 0 Å². The number of rotatable bonds is 2. The molecule has 0 aliphatic rings. The van der Waals surface area contributed by atoms with Gasteiger partial charge >= 0.3 is 0 Å². The normalized spacial score (nSPS) is 10.9. The summed E-state index contributed by atoms with van der Waals surface area (Å²) < 4.78 is 5.32. The number of benzene rings is 1. The number of methoxy groups -OCH3 is 1. The summed E-state index contributed by atoms with van der Waals surface area (Å²) in [6, 6.07) is 5.76. The number of fused-ring (bicyclic) bond motifs is 1. The molecular weight excluding hydrogens is 216 g/mol. The Morgan fingerprint density at radius 2 is 2.18 bits per heavy atom. The lowest BCUT2D eigenvalue weighted by molar-refractivity contribution is 0.422. The second-order valence-corrected chi connectivity index (χ2v) is 3.80. The third kappa shape index (κ3) is 1.44. The fourth-order valence-electron chi connectivity index (χ4n) is 1.97. The van der Waals surface area contributed by atoms with Crippen molar-refractivity contribution in [2.75, 3.05) is 12.8 Å². The summed E-state index contributed by atoms with van der Waals surface area (Å²) in [5.74, 6) is 0.699. The number of nitrogens with zero attached hydrogens (tertiary/aromatic N) is 1. The molecule has 0 fully saturated rings. The highest BCUT2D eigenvalue weighted by molar-refractivity contribution is 5.94. The van der Waals surface area contributed by atoms with Crippen LogP contribution in [-0.4, -0.2) is 22.1 Å². The van der Waals surface area contributed by atoms with Crippen LogP contribution in [0, 0.1) is 0 Å². The maximum absolute atomic E-state index is 5.87. The van der Waals surface area contributed by atoms with Gasteiger partial charge in [-0.1, -0.05) is 0 Å². The van der Waals surface area contributed by atoms with Crippen LogP contribution in [0.25, 0.3) is 22.3 Å². The molecule has 2 heterocycles. The van der Waals surface area contributed by atoms with Crippen molar-refractivity contribution in [3.8, 4) is 17.1 Å². The molecule has 0 atom stereocenters. The first-order chi connectivity index (χ1) is 8.29. The topological polar surface area (TPSA) is 79.7 Å². The number of nitrogens with two attached hydrogens (primary N) is 1. The maximum atomic E-state index is 5.87. The summed E-state index contributed by atoms with van der Waals surface area (Å²) >= 11 is 0. The van der Waals surface area contributed by atoms with Gasteiger partial charge in [0.1, 0.15) is 0 Å². The molecule has 0 aliphatic heterocycles. The molecule has 1 aromatic carbocycles. The number of imidazole rings is 1. The first-order valence-electron chi connectivity index (χ1n) is 5.23. The number of hydrogen-bond acceptors (Lipinski definition) is 3. The second-order valence-electron chi connectivity index (χ2n) is 3.80. The monoisotopic (exact) mass is 228 g/mol. The van der Waals surface area contributed by atoms with E-state index in [9.17, 15) is 0 Å². The predicted molar refractivity (Wildman–Crippen MR) is 66.8 cm³/mol. The van der Waals surface area contributed by atoms with Gasteiger partial charge in [-0.2, -0.15) is 0 Å². The van der Waals surface area contributed by atoms with Crippen LogP contribution in [0.4, 0.5) is 5.69 Å². The highest BCUT2D eigenvalue weighted by atomic mass is 16.5. The molecule has 2 aromatic heterocycles. The minimum atomic E-state index is 0.634. The van der Waals surface area contributed by atoms with Crippen LogP contribution in [0.3, 0.4) is 0 Å². The number of hydrogen-bond donors (Lipinski definition) is 3. The molecule has 3 aromatic rings. The van der Waals surface area contributed by atoms with Crippen molar-refractivity contribution in [3.05, 3.63) is 30.7 Å². The van der Waals surface area contributed by atoms with E-state index in [0.717, 1.165) is 22.3 Å². The molecule has 0 amide bonds. The fourth-order valence-corrected chi connectivity index (χ4v) is 1.97. The average Bonchev–Trinajstić information content (AvgIpc) is 2.97. The zero-order valence-electron chi connectivity index (χ0n) is 9.32. The van der Waals surface area contributed by atoms with Gasteiger partial charge in [-0.15, -0.1) is 0 Å². The molecule has 0 bridgehead atoms. The van der Waals surface area contributed by atoms with E-state index in [1.54, 1.807) is 19.6 Å². The van der Waals surface area contributed by atoms with Crippen LogP contribution >= 0.6 is 0 Å². The van der Waals surface area contributed by atoms with Crippen molar-refractivity contribution in [1.82, 2.24) is 15.0 Å². The first-order valence-corrected chi connectivity index (χ1v) is 5.23. The lowest BCUT2D eigenvalue weighted by atomic mass is 10.2. The van der Waals surface area contributed by atoms with Crippen LogP contribution in [0.2, 0.25) is 0 Å². The average molecular weight is 228 g/mol. The van der Waals surface area contributed by atoms with E-state index in [0.29, 0.717) is 11.4 Å². The number of ether oxygens (including phenoxy) is 1. The molecule has 5 nitrogen and oxygen atoms in total. The van der Waals surface area contributed by atoms with E-state index >= 15 is 0 Å². The van der Waals surface area contributed by atoms with Crippen LogP contribution in [0.1, 0.15) is 0 Å². The molecular formula is C12H12N4O. The third-order valence-corrected chi connectivity index (χ3v) is 2.78. The van der Waals surface area contributed by atoms with Crippen LogP contribution in [0.15, 0.2) is 30.7 Å². The molecule has 0 saturated carbocycles. The van der Waals surface area contributed by atoms with Gasteiger partial charge in [0, 0.05) is 10.9 Å². The molecule has 17 heavy (non-hydrogen) atoms. The fraction of sp³-hybridized carbons (Fsp3) is 0.0833. The van der Waals surface area contributed by atoms with Crippen molar-refractivity contribution >= 4 is 16.6 Å². The minimum Gasteiger partial charge on any atom is -0.494 e. The van der Waals surface area contributed by atoms with E-state index in [4.69, 9.17) is 10.5 Å². The molecule has 0 aliphatic carbocycles. The zero-order valence-corrected chi connectivity index (χ0v) is 9.32. The Morgan fingerprint density at radius 3 is 2.88 bits per heavy atom. The smallest absolute Gasteiger partial charge is 0.151 e. The van der Waals surface area contributed by atoms with Crippen LogP contribution < -0.4 is 10.5 Å². The van der Waals surface area contributed by atoms with Gasteiger partial charge in [0.2, 0.25) is 0 Å². The predicted octanol–water partition coefficient (Wildman–Crippen LogP) is 2.15. The molecule has 4 N–H and O–H groups in total. The summed E-state index contributed by atoms with van der Waals surface area (Å²) in [5, 5.41) is 0.970. The van der Waals surface area contributed by atoms with Gasteiger partial charge in [0.15, 0.2) is 5.75 Å². The number of aromatic amines is 2. The van der Waals surface area contributed by atoms with E-state index in [1.165, 1.54) is 0 Å². The summed E-state index contributed by atoms with van der Waals surface area (Å²) in [6.07, 6.45) is 3.41. The van der Waals surface area contributed by atoms with E-state index in [1.807, 2.05) is 18.2 Å². The minimum absolute atomic E-state index is 0.634. The molecule has 0 unspecified atom stereocenters. The van der Waals surface area contributed by atoms with Gasteiger partial charge < -0.3 is 20.4 Å². The third-order valence-electron chi connectivity index (χ3n) is 2.78. The molecule has 0 spiro atoms. The highest BCUT2D eigenvalue weighted by Gasteiger charge is 2.10. The van der Waals surface area contributed by atoms with Gasteiger partial charge in [0.25, 0.3) is 0 Å². The largest absolute Gasteiger partial charge is 0.494 e. The summed E-state index contributed by atoms with van der Waals surface area (Å²) in [7, 11) is 1.62. The lowest BCUT2D eigenvalue weighted by Gasteiger charge is -2.04. The Bertz CT molecular complexity index is 655. The second kappa shape index (κ2) is 3.55. The molecule has 0 radical (unpaired) electrons. The zero-order chi connectivity index (χ0) is 11.8. The standard InChI is InChI=1S/C12H12N4O/c1-17-12-7-4-10(11-5-14-6-15-11)16-9(7)3-2-8(12)13/h2-6,16H,13H2,1H3,(H,14,15). The van der Waals surface area contributed by atoms with Gasteiger partial charge in [0.05, 0.1) is 36.7 Å². The summed E-state index contributed by atoms with van der Waals surface area (Å²) in [4.78, 5) is 10.3. The van der Waals surface area contributed by atoms with E-state index in [2.05, 4.69) is 15.0 Å². The number of anilines is 1. The number of nitrogen functional groups attached to an aromatic ring is 1. The first kappa shape index (κ1) is 9.77.